The summed E-state index contributed by atoms with van der Waals surface area (Å²) in [7, 11) is 0. The molecule has 0 radical (unpaired) electrons. The van der Waals surface area contributed by atoms with E-state index in [0.717, 1.165) is 61.3 Å². The van der Waals surface area contributed by atoms with Crippen LogP contribution in [0.5, 0.6) is 5.75 Å². The second-order valence-electron chi connectivity index (χ2n) is 8.48. The second kappa shape index (κ2) is 13.0. The normalized spacial score (nSPS) is 18.2. The number of rotatable bonds is 8. The number of nitrogens with zero attached hydrogens (tertiary/aromatic N) is 3. The molecule has 1 aromatic carbocycles. The zero-order valence-electron chi connectivity index (χ0n) is 19.7. The van der Waals surface area contributed by atoms with Crippen molar-refractivity contribution in [2.75, 3.05) is 37.7 Å². The molecule has 180 valence electrons. The molecule has 0 bridgehead atoms. The average Bonchev–Trinajstić information content (AvgIpc) is 3.52. The van der Waals surface area contributed by atoms with E-state index >= 15 is 0 Å². The van der Waals surface area contributed by atoms with Gasteiger partial charge >= 0.3 is 0 Å². The minimum Gasteiger partial charge on any atom is -0.488 e. The monoisotopic (exact) mass is 565 g/mol. The lowest BCUT2D eigenvalue weighted by atomic mass is 10.1. The predicted octanol–water partition coefficient (Wildman–Crippen LogP) is 4.03. The summed E-state index contributed by atoms with van der Waals surface area (Å²) in [6, 6.07) is 10.6. The fourth-order valence-electron chi connectivity index (χ4n) is 4.04. The number of guanidine groups is 1. The van der Waals surface area contributed by atoms with Gasteiger partial charge in [-0.05, 0) is 49.9 Å². The first kappa shape index (κ1) is 25.6. The Morgan fingerprint density at radius 3 is 2.76 bits per heavy atom. The maximum Gasteiger partial charge on any atom is 0.191 e. The highest BCUT2D eigenvalue weighted by atomic mass is 127. The van der Waals surface area contributed by atoms with Gasteiger partial charge in [0.15, 0.2) is 5.96 Å². The molecule has 0 aliphatic carbocycles. The molecule has 0 amide bonds. The molecule has 3 heterocycles. The standard InChI is InChI=1S/C25H35N5O2.HI/c1-3-26-25(28-16-20-7-9-24(27-15-20)30-11-4-5-12-30)29-17-21-8-6-19(2)14-23(21)32-22-10-13-31-18-22;/h6-9,14-15,22H,3-5,10-13,16-18H2,1-2H3,(H2,26,28,29);1H. The fourth-order valence-corrected chi connectivity index (χ4v) is 4.04. The number of aromatic nitrogens is 1. The molecule has 33 heavy (non-hydrogen) atoms. The van der Waals surface area contributed by atoms with E-state index in [1.807, 2.05) is 6.20 Å². The highest BCUT2D eigenvalue weighted by Crippen LogP contribution is 2.24. The van der Waals surface area contributed by atoms with Gasteiger partial charge in [-0.15, -0.1) is 24.0 Å². The number of aryl methyl sites for hydroxylation is 1. The largest absolute Gasteiger partial charge is 0.488 e. The van der Waals surface area contributed by atoms with Crippen LogP contribution >= 0.6 is 24.0 Å². The van der Waals surface area contributed by atoms with Gasteiger partial charge in [0, 0.05) is 44.4 Å². The molecule has 4 rings (SSSR count). The molecular weight excluding hydrogens is 529 g/mol. The van der Waals surface area contributed by atoms with Crippen LogP contribution in [0.1, 0.15) is 42.9 Å². The lowest BCUT2D eigenvalue weighted by Gasteiger charge is -2.18. The van der Waals surface area contributed by atoms with E-state index < -0.39 is 0 Å². The Kier molecular flexibility index (Phi) is 10.1. The maximum atomic E-state index is 6.22. The lowest BCUT2D eigenvalue weighted by Crippen LogP contribution is -2.37. The molecule has 0 saturated carbocycles. The molecule has 1 aromatic heterocycles. The van der Waals surface area contributed by atoms with Gasteiger partial charge in [0.1, 0.15) is 17.7 Å². The van der Waals surface area contributed by atoms with E-state index in [-0.39, 0.29) is 30.1 Å². The van der Waals surface area contributed by atoms with Crippen LogP contribution in [0.25, 0.3) is 0 Å². The highest BCUT2D eigenvalue weighted by Gasteiger charge is 2.19. The first-order valence-corrected chi connectivity index (χ1v) is 11.8. The smallest absolute Gasteiger partial charge is 0.191 e. The summed E-state index contributed by atoms with van der Waals surface area (Å²) in [6.07, 6.45) is 5.53. The lowest BCUT2D eigenvalue weighted by molar-refractivity contribution is 0.140. The molecule has 2 aliphatic rings. The number of benzene rings is 1. The topological polar surface area (TPSA) is 71.0 Å². The van der Waals surface area contributed by atoms with Gasteiger partial charge in [0.2, 0.25) is 0 Å². The van der Waals surface area contributed by atoms with Gasteiger partial charge in [0.25, 0.3) is 0 Å². The van der Waals surface area contributed by atoms with Crippen molar-refractivity contribution in [3.05, 3.63) is 53.2 Å². The van der Waals surface area contributed by atoms with Crippen LogP contribution in [0.4, 0.5) is 5.82 Å². The molecule has 0 spiro atoms. The second-order valence-corrected chi connectivity index (χ2v) is 8.48. The Bertz CT molecular complexity index is 894. The van der Waals surface area contributed by atoms with Crippen molar-refractivity contribution in [2.24, 2.45) is 4.99 Å². The van der Waals surface area contributed by atoms with Crippen LogP contribution in [-0.4, -0.2) is 49.9 Å². The third-order valence-corrected chi connectivity index (χ3v) is 5.85. The third kappa shape index (κ3) is 7.46. The van der Waals surface area contributed by atoms with Crippen molar-refractivity contribution in [3.8, 4) is 5.75 Å². The van der Waals surface area contributed by atoms with E-state index in [2.05, 4.69) is 64.7 Å². The van der Waals surface area contributed by atoms with E-state index in [4.69, 9.17) is 14.5 Å². The Hall–Kier alpha value is -2.07. The minimum atomic E-state index is 0. The SMILES string of the molecule is CCNC(=NCc1ccc(N2CCCC2)nc1)NCc1ccc(C)cc1OC1CCOC1.I. The summed E-state index contributed by atoms with van der Waals surface area (Å²) in [5.74, 6) is 2.78. The molecule has 2 N–H and O–H groups in total. The van der Waals surface area contributed by atoms with E-state index in [1.165, 1.54) is 18.4 Å². The number of hydrogen-bond acceptors (Lipinski definition) is 5. The molecule has 2 saturated heterocycles. The summed E-state index contributed by atoms with van der Waals surface area (Å²) < 4.78 is 11.7. The summed E-state index contributed by atoms with van der Waals surface area (Å²) in [4.78, 5) is 11.7. The molecule has 1 atom stereocenters. The van der Waals surface area contributed by atoms with Crippen molar-refractivity contribution in [1.82, 2.24) is 15.6 Å². The van der Waals surface area contributed by atoms with Crippen molar-refractivity contribution in [1.29, 1.82) is 0 Å². The summed E-state index contributed by atoms with van der Waals surface area (Å²) in [6.45, 7) is 9.84. The van der Waals surface area contributed by atoms with Crippen LogP contribution in [0.15, 0.2) is 41.5 Å². The van der Waals surface area contributed by atoms with Crippen LogP contribution < -0.4 is 20.3 Å². The van der Waals surface area contributed by atoms with Crippen LogP contribution in [0.2, 0.25) is 0 Å². The average molecular weight is 566 g/mol. The Morgan fingerprint density at radius 1 is 1.21 bits per heavy atom. The van der Waals surface area contributed by atoms with Crippen molar-refractivity contribution in [3.63, 3.8) is 0 Å². The number of anilines is 1. The molecular formula is C25H36IN5O2. The summed E-state index contributed by atoms with van der Waals surface area (Å²) in [5.41, 5.74) is 3.41. The fraction of sp³-hybridized carbons (Fsp3) is 0.520. The van der Waals surface area contributed by atoms with E-state index in [0.29, 0.717) is 19.7 Å². The predicted molar refractivity (Wildman–Crippen MR) is 144 cm³/mol. The number of nitrogens with one attached hydrogen (secondary N) is 2. The van der Waals surface area contributed by atoms with Crippen molar-refractivity contribution < 1.29 is 9.47 Å². The Labute approximate surface area is 214 Å². The van der Waals surface area contributed by atoms with Gasteiger partial charge in [-0.25, -0.2) is 9.98 Å². The van der Waals surface area contributed by atoms with Crippen LogP contribution in [0, 0.1) is 6.92 Å². The summed E-state index contributed by atoms with van der Waals surface area (Å²) in [5, 5.41) is 6.78. The maximum absolute atomic E-state index is 6.22. The molecule has 1 unspecified atom stereocenters. The first-order chi connectivity index (χ1) is 15.7. The van der Waals surface area contributed by atoms with Crippen LogP contribution in [0.3, 0.4) is 0 Å². The van der Waals surface area contributed by atoms with Crippen LogP contribution in [-0.2, 0) is 17.8 Å². The van der Waals surface area contributed by atoms with Gasteiger partial charge in [-0.3, -0.25) is 0 Å². The van der Waals surface area contributed by atoms with Gasteiger partial charge in [-0.2, -0.15) is 0 Å². The van der Waals surface area contributed by atoms with Crippen molar-refractivity contribution in [2.45, 2.75) is 52.3 Å². The van der Waals surface area contributed by atoms with Gasteiger partial charge in [0.05, 0.1) is 19.8 Å². The summed E-state index contributed by atoms with van der Waals surface area (Å²) >= 11 is 0. The minimum absolute atomic E-state index is 0. The Morgan fingerprint density at radius 2 is 2.06 bits per heavy atom. The quantitative estimate of drug-likeness (QED) is 0.286. The molecule has 8 heteroatoms. The molecule has 7 nitrogen and oxygen atoms in total. The number of hydrogen-bond donors (Lipinski definition) is 2. The molecule has 2 fully saturated rings. The highest BCUT2D eigenvalue weighted by molar-refractivity contribution is 14.0. The third-order valence-electron chi connectivity index (χ3n) is 5.85. The molecule has 2 aliphatic heterocycles. The first-order valence-electron chi connectivity index (χ1n) is 11.8. The number of ether oxygens (including phenoxy) is 2. The van der Waals surface area contributed by atoms with Gasteiger partial charge < -0.3 is 25.0 Å². The zero-order valence-corrected chi connectivity index (χ0v) is 22.0. The van der Waals surface area contributed by atoms with E-state index in [9.17, 15) is 0 Å². The Balaban J connectivity index is 0.00000306. The van der Waals surface area contributed by atoms with Crippen molar-refractivity contribution >= 4 is 35.8 Å². The zero-order chi connectivity index (χ0) is 22.2. The number of aliphatic imine (C=N–C) groups is 1. The number of halogens is 1. The van der Waals surface area contributed by atoms with E-state index in [1.54, 1.807) is 0 Å². The number of pyridine rings is 1. The van der Waals surface area contributed by atoms with Gasteiger partial charge in [-0.1, -0.05) is 18.2 Å². The molecule has 2 aromatic rings.